The Labute approximate surface area is 118 Å². The smallest absolute Gasteiger partial charge is 0.327 e. The van der Waals surface area contributed by atoms with Gasteiger partial charge in [-0.2, -0.15) is 0 Å². The number of hydrogen-bond acceptors (Lipinski definition) is 4. The van der Waals surface area contributed by atoms with Gasteiger partial charge in [0.25, 0.3) is 0 Å². The summed E-state index contributed by atoms with van der Waals surface area (Å²) in [6.45, 7) is 3.79. The molecule has 0 saturated carbocycles. The van der Waals surface area contributed by atoms with Gasteiger partial charge in [0.15, 0.2) is 0 Å². The standard InChI is InChI=1S/C13H24N2O5/c1-13(2)4-3-5-15(10(13)11(18)19)12(20)14(6-8-16)7-9-17/h10,16-17H,3-9H2,1-2H3,(H,18,19). The lowest BCUT2D eigenvalue weighted by molar-refractivity contribution is -0.148. The number of aliphatic hydroxyl groups excluding tert-OH is 2. The third-order valence-electron chi connectivity index (χ3n) is 3.76. The molecule has 2 amide bonds. The molecule has 0 bridgehead atoms. The first-order valence-electron chi connectivity index (χ1n) is 6.85. The Balaban J connectivity index is 2.95. The highest BCUT2D eigenvalue weighted by Gasteiger charge is 2.45. The lowest BCUT2D eigenvalue weighted by Crippen LogP contribution is -2.59. The van der Waals surface area contributed by atoms with Crippen molar-refractivity contribution >= 4 is 12.0 Å². The molecule has 116 valence electrons. The van der Waals surface area contributed by atoms with Crippen LogP contribution in [0.4, 0.5) is 4.79 Å². The molecule has 0 radical (unpaired) electrons. The van der Waals surface area contributed by atoms with Gasteiger partial charge in [0.05, 0.1) is 13.2 Å². The van der Waals surface area contributed by atoms with E-state index in [1.54, 1.807) is 0 Å². The van der Waals surface area contributed by atoms with Crippen LogP contribution in [-0.2, 0) is 4.79 Å². The van der Waals surface area contributed by atoms with E-state index in [2.05, 4.69) is 0 Å². The lowest BCUT2D eigenvalue weighted by Gasteiger charge is -2.45. The van der Waals surface area contributed by atoms with Crippen LogP contribution in [0.5, 0.6) is 0 Å². The molecule has 1 aliphatic rings. The van der Waals surface area contributed by atoms with E-state index in [9.17, 15) is 14.7 Å². The molecule has 1 rings (SSSR count). The lowest BCUT2D eigenvalue weighted by atomic mass is 9.76. The van der Waals surface area contributed by atoms with Crippen molar-refractivity contribution in [3.05, 3.63) is 0 Å². The number of carboxylic acid groups (broad SMARTS) is 1. The van der Waals surface area contributed by atoms with Crippen LogP contribution < -0.4 is 0 Å². The van der Waals surface area contributed by atoms with E-state index < -0.39 is 23.5 Å². The van der Waals surface area contributed by atoms with Crippen molar-refractivity contribution in [2.24, 2.45) is 5.41 Å². The average Bonchev–Trinajstić information content (AvgIpc) is 2.35. The topological polar surface area (TPSA) is 101 Å². The Morgan fingerprint density at radius 1 is 1.25 bits per heavy atom. The second-order valence-corrected chi connectivity index (χ2v) is 5.74. The highest BCUT2D eigenvalue weighted by atomic mass is 16.4. The summed E-state index contributed by atoms with van der Waals surface area (Å²) in [4.78, 5) is 26.6. The van der Waals surface area contributed by atoms with Crippen molar-refractivity contribution in [1.82, 2.24) is 9.80 Å². The highest BCUT2D eigenvalue weighted by Crippen LogP contribution is 2.35. The van der Waals surface area contributed by atoms with Crippen LogP contribution in [0.15, 0.2) is 0 Å². The molecule has 0 aliphatic carbocycles. The van der Waals surface area contributed by atoms with Crippen molar-refractivity contribution < 1.29 is 24.9 Å². The molecule has 1 aliphatic heterocycles. The first-order valence-corrected chi connectivity index (χ1v) is 6.85. The molecule has 1 unspecified atom stereocenters. The summed E-state index contributed by atoms with van der Waals surface area (Å²) in [5.74, 6) is -1.02. The summed E-state index contributed by atoms with van der Waals surface area (Å²) in [5, 5.41) is 27.4. The molecule has 1 fully saturated rings. The highest BCUT2D eigenvalue weighted by molar-refractivity contribution is 5.83. The van der Waals surface area contributed by atoms with E-state index in [0.29, 0.717) is 6.54 Å². The molecule has 0 aromatic heterocycles. The summed E-state index contributed by atoms with van der Waals surface area (Å²) in [6.07, 6.45) is 1.49. The van der Waals surface area contributed by atoms with Crippen LogP contribution in [0.25, 0.3) is 0 Å². The van der Waals surface area contributed by atoms with Crippen LogP contribution in [0.1, 0.15) is 26.7 Å². The van der Waals surface area contributed by atoms with Gasteiger partial charge in [-0.15, -0.1) is 0 Å². The molecule has 7 heteroatoms. The minimum atomic E-state index is -1.02. The van der Waals surface area contributed by atoms with E-state index in [0.717, 1.165) is 12.8 Å². The van der Waals surface area contributed by atoms with Gasteiger partial charge in [0.1, 0.15) is 6.04 Å². The van der Waals surface area contributed by atoms with Gasteiger partial charge in [0, 0.05) is 19.6 Å². The molecular formula is C13H24N2O5. The number of amides is 2. The molecule has 7 nitrogen and oxygen atoms in total. The van der Waals surface area contributed by atoms with Gasteiger partial charge >= 0.3 is 12.0 Å². The van der Waals surface area contributed by atoms with E-state index >= 15 is 0 Å². The number of nitrogens with zero attached hydrogens (tertiary/aromatic N) is 2. The number of carbonyl (C=O) groups is 2. The van der Waals surface area contributed by atoms with Gasteiger partial charge < -0.3 is 25.1 Å². The van der Waals surface area contributed by atoms with Gasteiger partial charge in [-0.3, -0.25) is 0 Å². The van der Waals surface area contributed by atoms with Crippen molar-refractivity contribution in [3.8, 4) is 0 Å². The molecule has 1 heterocycles. The summed E-state index contributed by atoms with van der Waals surface area (Å²) in [7, 11) is 0. The first kappa shape index (κ1) is 16.7. The summed E-state index contributed by atoms with van der Waals surface area (Å²) in [5.41, 5.74) is -0.496. The predicted octanol–water partition coefficient (Wildman–Crippen LogP) is -0.0318. The third-order valence-corrected chi connectivity index (χ3v) is 3.76. The minimum absolute atomic E-state index is 0.0860. The molecule has 0 aromatic carbocycles. The van der Waals surface area contributed by atoms with Gasteiger partial charge in [-0.25, -0.2) is 9.59 Å². The van der Waals surface area contributed by atoms with E-state index in [1.807, 2.05) is 13.8 Å². The number of carbonyl (C=O) groups excluding carboxylic acids is 1. The predicted molar refractivity (Wildman–Crippen MR) is 72.3 cm³/mol. The number of urea groups is 1. The number of carboxylic acids is 1. The number of rotatable bonds is 5. The fourth-order valence-corrected chi connectivity index (χ4v) is 2.79. The summed E-state index contributed by atoms with van der Waals surface area (Å²) in [6, 6.07) is -1.32. The molecule has 1 saturated heterocycles. The zero-order valence-electron chi connectivity index (χ0n) is 12.1. The zero-order valence-corrected chi connectivity index (χ0v) is 12.1. The van der Waals surface area contributed by atoms with Crippen molar-refractivity contribution in [1.29, 1.82) is 0 Å². The zero-order chi connectivity index (χ0) is 15.3. The Bertz CT molecular complexity index is 353. The third kappa shape index (κ3) is 3.61. The Morgan fingerprint density at radius 2 is 1.80 bits per heavy atom. The quantitative estimate of drug-likeness (QED) is 0.659. The monoisotopic (exact) mass is 288 g/mol. The average molecular weight is 288 g/mol. The van der Waals surface area contributed by atoms with Gasteiger partial charge in [-0.1, -0.05) is 13.8 Å². The maximum Gasteiger partial charge on any atom is 0.327 e. The fourth-order valence-electron chi connectivity index (χ4n) is 2.79. The molecule has 0 spiro atoms. The van der Waals surface area contributed by atoms with E-state index in [4.69, 9.17) is 10.2 Å². The minimum Gasteiger partial charge on any atom is -0.480 e. The SMILES string of the molecule is CC1(C)CCCN(C(=O)N(CCO)CCO)C1C(=O)O. The second kappa shape index (κ2) is 6.90. The molecular weight excluding hydrogens is 264 g/mol. The van der Waals surface area contributed by atoms with Crippen molar-refractivity contribution in [2.75, 3.05) is 32.8 Å². The molecule has 20 heavy (non-hydrogen) atoms. The fraction of sp³-hybridized carbons (Fsp3) is 0.846. The molecule has 0 aromatic rings. The van der Waals surface area contributed by atoms with Crippen LogP contribution in [0, 0.1) is 5.41 Å². The van der Waals surface area contributed by atoms with Crippen LogP contribution in [0.2, 0.25) is 0 Å². The number of aliphatic carboxylic acids is 1. The second-order valence-electron chi connectivity index (χ2n) is 5.74. The normalized spacial score (nSPS) is 21.6. The Kier molecular flexibility index (Phi) is 5.76. The maximum absolute atomic E-state index is 12.4. The first-order chi connectivity index (χ1) is 9.35. The Hall–Kier alpha value is -1.34. The van der Waals surface area contributed by atoms with Gasteiger partial charge in [0.2, 0.25) is 0 Å². The Morgan fingerprint density at radius 3 is 2.25 bits per heavy atom. The summed E-state index contributed by atoms with van der Waals surface area (Å²) < 4.78 is 0. The largest absolute Gasteiger partial charge is 0.480 e. The van der Waals surface area contributed by atoms with Crippen LogP contribution >= 0.6 is 0 Å². The number of aliphatic hydroxyl groups is 2. The number of likely N-dealkylation sites (tertiary alicyclic amines) is 1. The van der Waals surface area contributed by atoms with Crippen molar-refractivity contribution in [2.45, 2.75) is 32.7 Å². The summed E-state index contributed by atoms with van der Waals surface area (Å²) >= 11 is 0. The van der Waals surface area contributed by atoms with Crippen LogP contribution in [-0.4, -0.2) is 76.0 Å². The van der Waals surface area contributed by atoms with E-state index in [-0.39, 0.29) is 26.3 Å². The maximum atomic E-state index is 12.4. The van der Waals surface area contributed by atoms with E-state index in [1.165, 1.54) is 9.80 Å². The van der Waals surface area contributed by atoms with Gasteiger partial charge in [-0.05, 0) is 18.3 Å². The van der Waals surface area contributed by atoms with Crippen molar-refractivity contribution in [3.63, 3.8) is 0 Å². The number of piperidine rings is 1. The van der Waals surface area contributed by atoms with Crippen LogP contribution in [0.3, 0.4) is 0 Å². The number of hydrogen-bond donors (Lipinski definition) is 3. The molecule has 3 N–H and O–H groups in total. The molecule has 1 atom stereocenters.